The van der Waals surface area contributed by atoms with Crippen LogP contribution in [0.5, 0.6) is 0 Å². The second-order valence-electron chi connectivity index (χ2n) is 6.38. The average molecular weight is 315 g/mol. The van der Waals surface area contributed by atoms with Crippen molar-refractivity contribution in [3.8, 4) is 0 Å². The minimum absolute atomic E-state index is 0.0553. The smallest absolute Gasteiger partial charge is 0.252 e. The minimum Gasteiger partial charge on any atom is -0.349 e. The highest BCUT2D eigenvalue weighted by molar-refractivity contribution is 6.31. The van der Waals surface area contributed by atoms with Gasteiger partial charge in [-0.1, -0.05) is 24.4 Å². The Morgan fingerprint density at radius 1 is 1.18 bits per heavy atom. The monoisotopic (exact) mass is 314 g/mol. The van der Waals surface area contributed by atoms with Gasteiger partial charge in [-0.3, -0.25) is 9.78 Å². The van der Waals surface area contributed by atoms with Crippen molar-refractivity contribution in [1.29, 1.82) is 0 Å². The molecule has 0 bridgehead atoms. The Morgan fingerprint density at radius 2 is 2.00 bits per heavy atom. The molecule has 0 aliphatic heterocycles. The van der Waals surface area contributed by atoms with Crippen molar-refractivity contribution in [3.05, 3.63) is 40.0 Å². The van der Waals surface area contributed by atoms with E-state index in [0.717, 1.165) is 59.8 Å². The lowest BCUT2D eigenvalue weighted by Gasteiger charge is -2.16. The van der Waals surface area contributed by atoms with Crippen LogP contribution in [0.1, 0.15) is 53.7 Å². The first-order valence-electron chi connectivity index (χ1n) is 8.14. The topological polar surface area (TPSA) is 42.0 Å². The zero-order chi connectivity index (χ0) is 15.1. The van der Waals surface area contributed by atoms with E-state index in [1.54, 1.807) is 0 Å². The zero-order valence-electron chi connectivity index (χ0n) is 12.5. The summed E-state index contributed by atoms with van der Waals surface area (Å²) in [5.74, 6) is 0.0553. The Bertz CT molecular complexity index is 750. The summed E-state index contributed by atoms with van der Waals surface area (Å²) < 4.78 is 0. The highest BCUT2D eigenvalue weighted by Gasteiger charge is 2.26. The molecular weight excluding hydrogens is 296 g/mol. The predicted molar refractivity (Wildman–Crippen MR) is 88.5 cm³/mol. The van der Waals surface area contributed by atoms with Crippen LogP contribution in [0.4, 0.5) is 0 Å². The number of amides is 1. The number of benzene rings is 1. The van der Waals surface area contributed by atoms with Gasteiger partial charge in [0, 0.05) is 22.1 Å². The Balaban J connectivity index is 1.83. The van der Waals surface area contributed by atoms with Crippen molar-refractivity contribution in [1.82, 2.24) is 10.3 Å². The molecule has 1 saturated carbocycles. The summed E-state index contributed by atoms with van der Waals surface area (Å²) in [5, 5.41) is 4.77. The summed E-state index contributed by atoms with van der Waals surface area (Å²) in [5.41, 5.74) is 3.91. The number of nitrogens with zero attached hydrogens (tertiary/aromatic N) is 1. The van der Waals surface area contributed by atoms with Gasteiger partial charge in [-0.2, -0.15) is 0 Å². The maximum atomic E-state index is 12.9. The van der Waals surface area contributed by atoms with Crippen LogP contribution in [0.2, 0.25) is 5.02 Å². The van der Waals surface area contributed by atoms with Crippen LogP contribution in [0.3, 0.4) is 0 Å². The summed E-state index contributed by atoms with van der Waals surface area (Å²) in [6, 6.07) is 5.97. The number of carbonyl (C=O) groups is 1. The normalized spacial score (nSPS) is 17.9. The fraction of sp³-hybridized carbons (Fsp3) is 0.444. The number of halogens is 1. The molecule has 1 aromatic heterocycles. The summed E-state index contributed by atoms with van der Waals surface area (Å²) in [6.45, 7) is 0. The fourth-order valence-corrected chi connectivity index (χ4v) is 3.99. The molecule has 22 heavy (non-hydrogen) atoms. The van der Waals surface area contributed by atoms with Crippen LogP contribution in [0, 0.1) is 0 Å². The van der Waals surface area contributed by atoms with Gasteiger partial charge in [-0.15, -0.1) is 0 Å². The van der Waals surface area contributed by atoms with Gasteiger partial charge in [0.15, 0.2) is 0 Å². The number of hydrogen-bond acceptors (Lipinski definition) is 2. The van der Waals surface area contributed by atoms with Gasteiger partial charge in [-0.25, -0.2) is 0 Å². The zero-order valence-corrected chi connectivity index (χ0v) is 13.2. The lowest BCUT2D eigenvalue weighted by Crippen LogP contribution is -2.33. The second-order valence-corrected chi connectivity index (χ2v) is 6.82. The van der Waals surface area contributed by atoms with Gasteiger partial charge < -0.3 is 5.32 Å². The highest BCUT2D eigenvalue weighted by Crippen LogP contribution is 2.31. The van der Waals surface area contributed by atoms with E-state index < -0.39 is 0 Å². The summed E-state index contributed by atoms with van der Waals surface area (Å²) >= 11 is 6.16. The first-order chi connectivity index (χ1) is 10.7. The number of hydrogen-bond donors (Lipinski definition) is 1. The van der Waals surface area contributed by atoms with Crippen LogP contribution in [0.25, 0.3) is 10.9 Å². The second kappa shape index (κ2) is 5.54. The number of rotatable bonds is 2. The summed E-state index contributed by atoms with van der Waals surface area (Å²) in [6.07, 6.45) is 7.61. The molecule has 0 saturated heterocycles. The minimum atomic E-state index is 0.0553. The van der Waals surface area contributed by atoms with Gasteiger partial charge in [0.05, 0.1) is 11.1 Å². The maximum Gasteiger partial charge on any atom is 0.252 e. The van der Waals surface area contributed by atoms with Gasteiger partial charge in [-0.05, 0) is 55.9 Å². The number of fused-ring (bicyclic) bond motifs is 2. The molecule has 0 spiro atoms. The number of pyridine rings is 1. The standard InChI is InChI=1S/C18H19ClN2O/c19-11-8-9-16-14(10-11)17(13-6-3-7-15(13)21-16)18(22)20-12-4-1-2-5-12/h8-10,12H,1-7H2,(H,20,22). The maximum absolute atomic E-state index is 12.9. The molecule has 0 radical (unpaired) electrons. The molecule has 1 N–H and O–H groups in total. The molecule has 4 heteroatoms. The van der Waals surface area contributed by atoms with Crippen LogP contribution in [-0.4, -0.2) is 16.9 Å². The van der Waals surface area contributed by atoms with Crippen molar-refractivity contribution in [2.75, 3.05) is 0 Å². The van der Waals surface area contributed by atoms with Crippen molar-refractivity contribution < 1.29 is 4.79 Å². The number of nitrogens with one attached hydrogen (secondary N) is 1. The predicted octanol–water partition coefficient (Wildman–Crippen LogP) is 4.05. The molecule has 2 aliphatic carbocycles. The van der Waals surface area contributed by atoms with E-state index in [2.05, 4.69) is 5.32 Å². The molecule has 1 fully saturated rings. The van der Waals surface area contributed by atoms with Gasteiger partial charge in [0.1, 0.15) is 0 Å². The third kappa shape index (κ3) is 2.38. The molecule has 2 aliphatic rings. The Kier molecular flexibility index (Phi) is 3.53. The molecule has 4 rings (SSSR count). The third-order valence-electron chi connectivity index (χ3n) is 4.89. The Labute approximate surface area is 135 Å². The third-order valence-corrected chi connectivity index (χ3v) is 5.13. The van der Waals surface area contributed by atoms with Crippen LogP contribution in [0.15, 0.2) is 18.2 Å². The van der Waals surface area contributed by atoms with Crippen molar-refractivity contribution in [2.24, 2.45) is 0 Å². The van der Waals surface area contributed by atoms with Crippen molar-refractivity contribution >= 4 is 28.4 Å². The van der Waals surface area contributed by atoms with Gasteiger partial charge in [0.25, 0.3) is 5.91 Å². The molecule has 114 valence electrons. The van der Waals surface area contributed by atoms with Gasteiger partial charge >= 0.3 is 0 Å². The average Bonchev–Trinajstić information content (AvgIpc) is 3.15. The number of carbonyl (C=O) groups excluding carboxylic acids is 1. The van der Waals surface area contributed by atoms with E-state index >= 15 is 0 Å². The van der Waals surface area contributed by atoms with Gasteiger partial charge in [0.2, 0.25) is 0 Å². The van der Waals surface area contributed by atoms with Crippen LogP contribution >= 0.6 is 11.6 Å². The van der Waals surface area contributed by atoms with E-state index in [4.69, 9.17) is 16.6 Å². The largest absolute Gasteiger partial charge is 0.349 e. The summed E-state index contributed by atoms with van der Waals surface area (Å²) in [4.78, 5) is 17.6. The van der Waals surface area contributed by atoms with Crippen molar-refractivity contribution in [3.63, 3.8) is 0 Å². The van der Waals surface area contributed by atoms with E-state index in [0.29, 0.717) is 11.1 Å². The quantitative estimate of drug-likeness (QED) is 0.908. The van der Waals surface area contributed by atoms with Crippen LogP contribution < -0.4 is 5.32 Å². The van der Waals surface area contributed by atoms with E-state index in [-0.39, 0.29) is 5.91 Å². The molecule has 1 amide bonds. The van der Waals surface area contributed by atoms with Crippen LogP contribution in [-0.2, 0) is 12.8 Å². The molecule has 2 aromatic rings. The van der Waals surface area contributed by atoms with Crippen molar-refractivity contribution in [2.45, 2.75) is 51.0 Å². The first-order valence-corrected chi connectivity index (χ1v) is 8.52. The molecule has 0 atom stereocenters. The lowest BCUT2D eigenvalue weighted by atomic mass is 10.00. The lowest BCUT2D eigenvalue weighted by molar-refractivity contribution is 0.0938. The molecule has 1 aromatic carbocycles. The Morgan fingerprint density at radius 3 is 2.82 bits per heavy atom. The highest BCUT2D eigenvalue weighted by atomic mass is 35.5. The molecule has 0 unspecified atom stereocenters. The number of aryl methyl sites for hydroxylation is 1. The first kappa shape index (κ1) is 14.0. The summed E-state index contributed by atoms with van der Waals surface area (Å²) in [7, 11) is 0. The molecular formula is C18H19ClN2O. The molecule has 1 heterocycles. The Hall–Kier alpha value is -1.61. The molecule has 3 nitrogen and oxygen atoms in total. The van der Waals surface area contributed by atoms with E-state index in [1.165, 1.54) is 12.8 Å². The number of aromatic nitrogens is 1. The van der Waals surface area contributed by atoms with E-state index in [9.17, 15) is 4.79 Å². The fourth-order valence-electron chi connectivity index (χ4n) is 3.82. The van der Waals surface area contributed by atoms with E-state index in [1.807, 2.05) is 18.2 Å². The SMILES string of the molecule is O=C(NC1CCCC1)c1c2c(nc3ccc(Cl)cc13)CCC2.